The Morgan fingerprint density at radius 1 is 1.07 bits per heavy atom. The van der Waals surface area contributed by atoms with E-state index in [9.17, 15) is 14.9 Å². The van der Waals surface area contributed by atoms with Crippen LogP contribution in [0.15, 0.2) is 60.9 Å². The molecule has 3 aromatic rings. The number of benzene rings is 2. The highest BCUT2D eigenvalue weighted by molar-refractivity contribution is 6.30. The fourth-order valence-electron chi connectivity index (χ4n) is 3.37. The van der Waals surface area contributed by atoms with Crippen LogP contribution in [-0.4, -0.2) is 51.5 Å². The molecule has 0 bridgehead atoms. The van der Waals surface area contributed by atoms with Crippen molar-refractivity contribution < 1.29 is 9.72 Å². The lowest BCUT2D eigenvalue weighted by Gasteiger charge is -2.35. The highest BCUT2D eigenvalue weighted by Crippen LogP contribution is 2.22. The summed E-state index contributed by atoms with van der Waals surface area (Å²) in [5.41, 5.74) is 1.35. The third kappa shape index (κ3) is 3.93. The molecule has 29 heavy (non-hydrogen) atoms. The van der Waals surface area contributed by atoms with E-state index in [1.54, 1.807) is 11.1 Å². The molecule has 0 unspecified atom stereocenters. The smallest absolute Gasteiger partial charge is 0.269 e. The largest absolute Gasteiger partial charge is 0.338 e. The molecule has 1 fully saturated rings. The molecule has 0 radical (unpaired) electrons. The predicted molar refractivity (Wildman–Crippen MR) is 110 cm³/mol. The highest BCUT2D eigenvalue weighted by Gasteiger charge is 2.25. The van der Waals surface area contributed by atoms with Crippen LogP contribution in [0.5, 0.6) is 0 Å². The topological polar surface area (TPSA) is 84.5 Å². The zero-order valence-corrected chi connectivity index (χ0v) is 16.2. The quantitative estimate of drug-likeness (QED) is 0.485. The Kier molecular flexibility index (Phi) is 5.18. The molecule has 8 nitrogen and oxygen atoms in total. The number of nitrogens with zero attached hydrogens (tertiary/aromatic N) is 5. The molecule has 9 heteroatoms. The van der Waals surface area contributed by atoms with Crippen LogP contribution >= 0.6 is 11.6 Å². The van der Waals surface area contributed by atoms with Gasteiger partial charge in [0.25, 0.3) is 11.6 Å². The second-order valence-electron chi connectivity index (χ2n) is 6.66. The summed E-state index contributed by atoms with van der Waals surface area (Å²) in [6, 6.07) is 13.3. The third-order valence-corrected chi connectivity index (χ3v) is 5.12. The molecule has 1 aliphatic rings. The van der Waals surface area contributed by atoms with Gasteiger partial charge in [-0.3, -0.25) is 19.5 Å². The van der Waals surface area contributed by atoms with Crippen LogP contribution < -0.4 is 4.90 Å². The summed E-state index contributed by atoms with van der Waals surface area (Å²) in [5.74, 6) is 0.674. The molecular weight excluding hydrogens is 394 g/mol. The number of carbonyl (C=O) groups excluding carboxylic acids is 1. The number of anilines is 1. The average Bonchev–Trinajstić information content (AvgIpc) is 3.23. The molecule has 0 aliphatic carbocycles. The van der Waals surface area contributed by atoms with Gasteiger partial charge in [0.05, 0.1) is 4.92 Å². The van der Waals surface area contributed by atoms with E-state index < -0.39 is 4.92 Å². The van der Waals surface area contributed by atoms with Gasteiger partial charge in [0, 0.05) is 67.0 Å². The summed E-state index contributed by atoms with van der Waals surface area (Å²) in [6.07, 6.45) is 3.63. The van der Waals surface area contributed by atoms with E-state index in [0.717, 1.165) is 11.6 Å². The van der Waals surface area contributed by atoms with Crippen molar-refractivity contribution in [1.29, 1.82) is 0 Å². The maximum atomic E-state index is 12.7. The number of hydrogen-bond donors (Lipinski definition) is 0. The minimum atomic E-state index is -0.477. The number of piperazine rings is 1. The molecule has 0 saturated carbocycles. The Morgan fingerprint density at radius 3 is 2.45 bits per heavy atom. The third-order valence-electron chi connectivity index (χ3n) is 4.88. The minimum Gasteiger partial charge on any atom is -0.338 e. The molecule has 0 N–H and O–H groups in total. The van der Waals surface area contributed by atoms with E-state index in [-0.39, 0.29) is 11.6 Å². The van der Waals surface area contributed by atoms with Crippen LogP contribution in [0.4, 0.5) is 11.6 Å². The second kappa shape index (κ2) is 7.92. The van der Waals surface area contributed by atoms with Crippen LogP contribution in [0.25, 0.3) is 5.69 Å². The van der Waals surface area contributed by atoms with E-state index >= 15 is 0 Å². The molecule has 0 atom stereocenters. The molecule has 4 rings (SSSR count). The van der Waals surface area contributed by atoms with Crippen LogP contribution in [0.1, 0.15) is 10.4 Å². The number of nitro groups is 1. The fraction of sp³-hybridized carbons (Fsp3) is 0.200. The lowest BCUT2D eigenvalue weighted by atomic mass is 10.1. The van der Waals surface area contributed by atoms with Crippen molar-refractivity contribution in [3.63, 3.8) is 0 Å². The Bertz CT molecular complexity index is 1040. The fourth-order valence-corrected chi connectivity index (χ4v) is 3.56. The van der Waals surface area contributed by atoms with E-state index in [4.69, 9.17) is 11.6 Å². The second-order valence-corrected chi connectivity index (χ2v) is 7.10. The van der Waals surface area contributed by atoms with Crippen LogP contribution in [-0.2, 0) is 0 Å². The van der Waals surface area contributed by atoms with E-state index in [1.807, 2.05) is 35.0 Å². The number of imidazole rings is 1. The number of carbonyl (C=O) groups is 1. The van der Waals surface area contributed by atoms with Crippen molar-refractivity contribution in [2.45, 2.75) is 0 Å². The Balaban J connectivity index is 1.44. The Morgan fingerprint density at radius 2 is 1.79 bits per heavy atom. The standard InChI is InChI=1S/C20H18ClN5O3/c21-16-2-1-3-18(14-16)25-9-8-22-20(25)24-12-10-23(11-13-24)19(27)15-4-6-17(7-5-15)26(28)29/h1-9,14H,10-13H2. The van der Waals surface area contributed by atoms with Crippen molar-refractivity contribution in [3.05, 3.63) is 81.6 Å². The minimum absolute atomic E-state index is 0.0285. The maximum Gasteiger partial charge on any atom is 0.269 e. The van der Waals surface area contributed by atoms with Gasteiger partial charge >= 0.3 is 0 Å². The van der Waals surface area contributed by atoms with Crippen molar-refractivity contribution in [2.24, 2.45) is 0 Å². The number of rotatable bonds is 4. The van der Waals surface area contributed by atoms with Gasteiger partial charge < -0.3 is 9.80 Å². The molecule has 1 aromatic heterocycles. The maximum absolute atomic E-state index is 12.7. The van der Waals surface area contributed by atoms with Crippen LogP contribution in [0.3, 0.4) is 0 Å². The van der Waals surface area contributed by atoms with Gasteiger partial charge in [-0.2, -0.15) is 0 Å². The lowest BCUT2D eigenvalue weighted by Crippen LogP contribution is -2.49. The van der Waals surface area contributed by atoms with E-state index in [0.29, 0.717) is 36.8 Å². The average molecular weight is 412 g/mol. The molecule has 0 spiro atoms. The molecule has 1 saturated heterocycles. The summed E-state index contributed by atoms with van der Waals surface area (Å²) in [7, 11) is 0. The van der Waals surface area contributed by atoms with Crippen molar-refractivity contribution in [2.75, 3.05) is 31.1 Å². The molecule has 1 aliphatic heterocycles. The molecule has 1 amide bonds. The van der Waals surface area contributed by atoms with Gasteiger partial charge in [-0.15, -0.1) is 0 Å². The lowest BCUT2D eigenvalue weighted by molar-refractivity contribution is -0.384. The van der Waals surface area contributed by atoms with Gasteiger partial charge in [0.2, 0.25) is 5.95 Å². The zero-order valence-electron chi connectivity index (χ0n) is 15.4. The van der Waals surface area contributed by atoms with Gasteiger partial charge in [-0.05, 0) is 30.3 Å². The number of halogens is 1. The summed E-state index contributed by atoms with van der Waals surface area (Å²) in [4.78, 5) is 31.4. The van der Waals surface area contributed by atoms with Gasteiger partial charge in [-0.25, -0.2) is 4.98 Å². The summed E-state index contributed by atoms with van der Waals surface area (Å²) < 4.78 is 1.97. The summed E-state index contributed by atoms with van der Waals surface area (Å²) in [5, 5.41) is 11.4. The van der Waals surface area contributed by atoms with E-state index in [1.165, 1.54) is 24.3 Å². The monoisotopic (exact) mass is 411 g/mol. The highest BCUT2D eigenvalue weighted by atomic mass is 35.5. The normalized spacial score (nSPS) is 14.1. The molecule has 2 heterocycles. The number of hydrogen-bond acceptors (Lipinski definition) is 5. The molecule has 148 valence electrons. The first-order chi connectivity index (χ1) is 14.0. The number of nitro benzene ring substituents is 1. The predicted octanol–water partition coefficient (Wildman–Crippen LogP) is 3.40. The SMILES string of the molecule is O=C(c1ccc([N+](=O)[O-])cc1)N1CCN(c2nccn2-c2cccc(Cl)c2)CC1. The number of amides is 1. The number of non-ortho nitro benzene ring substituents is 1. The molecular formula is C20H18ClN5O3. The van der Waals surface area contributed by atoms with Crippen LogP contribution in [0.2, 0.25) is 5.02 Å². The summed E-state index contributed by atoms with van der Waals surface area (Å²) >= 11 is 6.11. The van der Waals surface area contributed by atoms with Crippen LogP contribution in [0, 0.1) is 10.1 Å². The van der Waals surface area contributed by atoms with Crippen molar-refractivity contribution in [3.8, 4) is 5.69 Å². The first-order valence-corrected chi connectivity index (χ1v) is 9.49. The first kappa shape index (κ1) is 18.9. The van der Waals surface area contributed by atoms with Crippen molar-refractivity contribution >= 4 is 29.1 Å². The molecule has 2 aromatic carbocycles. The zero-order chi connectivity index (χ0) is 20.4. The van der Waals surface area contributed by atoms with Gasteiger partial charge in [-0.1, -0.05) is 17.7 Å². The first-order valence-electron chi connectivity index (χ1n) is 9.11. The van der Waals surface area contributed by atoms with Crippen molar-refractivity contribution in [1.82, 2.24) is 14.5 Å². The van der Waals surface area contributed by atoms with Gasteiger partial charge in [0.1, 0.15) is 0 Å². The number of aromatic nitrogens is 2. The van der Waals surface area contributed by atoms with E-state index in [2.05, 4.69) is 9.88 Å². The Labute approximate surface area is 172 Å². The van der Waals surface area contributed by atoms with Gasteiger partial charge in [0.15, 0.2) is 0 Å². The Hall–Kier alpha value is -3.39. The summed E-state index contributed by atoms with van der Waals surface area (Å²) in [6.45, 7) is 2.35.